The van der Waals surface area contributed by atoms with Gasteiger partial charge in [-0.05, 0) is 19.1 Å². The van der Waals surface area contributed by atoms with Crippen LogP contribution in [-0.4, -0.2) is 21.3 Å². The molecule has 4 nitrogen and oxygen atoms in total. The molecule has 1 unspecified atom stereocenters. The van der Waals surface area contributed by atoms with Crippen LogP contribution in [0.1, 0.15) is 17.3 Å². The van der Waals surface area contributed by atoms with E-state index in [0.717, 1.165) is 6.07 Å². The Morgan fingerprint density at radius 1 is 1.60 bits per heavy atom. The van der Waals surface area contributed by atoms with Gasteiger partial charge < -0.3 is 9.29 Å². The van der Waals surface area contributed by atoms with Crippen LogP contribution in [0.25, 0.3) is 0 Å². The monoisotopic (exact) mass is 232 g/mol. The van der Waals surface area contributed by atoms with Gasteiger partial charge in [-0.1, -0.05) is 6.07 Å². The Bertz CT molecular complexity index is 405. The second kappa shape index (κ2) is 4.99. The molecule has 0 amide bonds. The van der Waals surface area contributed by atoms with Gasteiger partial charge in [0.05, 0.1) is 12.2 Å². The van der Waals surface area contributed by atoms with Gasteiger partial charge in [0.1, 0.15) is 10.7 Å². The summed E-state index contributed by atoms with van der Waals surface area (Å²) in [7, 11) is 0. The summed E-state index contributed by atoms with van der Waals surface area (Å²) in [6.45, 7) is 1.71. The molecule has 15 heavy (non-hydrogen) atoms. The SMILES string of the molecule is CCOC(=O)c1cccc(F)c1S(=O)O. The third-order valence-corrected chi connectivity index (χ3v) is 2.40. The number of esters is 1. The second-order valence-electron chi connectivity index (χ2n) is 2.59. The summed E-state index contributed by atoms with van der Waals surface area (Å²) >= 11 is -2.55. The maximum absolute atomic E-state index is 13.1. The van der Waals surface area contributed by atoms with Crippen molar-refractivity contribution in [2.75, 3.05) is 6.61 Å². The van der Waals surface area contributed by atoms with Crippen molar-refractivity contribution in [3.63, 3.8) is 0 Å². The van der Waals surface area contributed by atoms with Crippen molar-refractivity contribution < 1.29 is 22.7 Å². The van der Waals surface area contributed by atoms with Crippen LogP contribution in [-0.2, 0) is 15.8 Å². The Labute approximate surface area is 88.3 Å². The van der Waals surface area contributed by atoms with Gasteiger partial charge in [0.15, 0.2) is 11.1 Å². The van der Waals surface area contributed by atoms with Gasteiger partial charge in [-0.3, -0.25) is 0 Å². The average molecular weight is 232 g/mol. The predicted octanol–water partition coefficient (Wildman–Crippen LogP) is 1.58. The minimum atomic E-state index is -2.55. The minimum absolute atomic E-state index is 0.118. The molecule has 0 saturated carbocycles. The van der Waals surface area contributed by atoms with E-state index in [0.29, 0.717) is 0 Å². The van der Waals surface area contributed by atoms with Gasteiger partial charge in [-0.2, -0.15) is 0 Å². The zero-order chi connectivity index (χ0) is 11.4. The summed E-state index contributed by atoms with van der Waals surface area (Å²) in [6.07, 6.45) is 0. The predicted molar refractivity (Wildman–Crippen MR) is 51.4 cm³/mol. The van der Waals surface area contributed by atoms with Gasteiger partial charge in [0, 0.05) is 0 Å². The van der Waals surface area contributed by atoms with Crippen LogP contribution in [0.2, 0.25) is 0 Å². The van der Waals surface area contributed by atoms with Gasteiger partial charge in [0.2, 0.25) is 0 Å². The number of carbonyl (C=O) groups is 1. The maximum atomic E-state index is 13.1. The van der Waals surface area contributed by atoms with Crippen molar-refractivity contribution in [3.05, 3.63) is 29.6 Å². The molecule has 0 bridgehead atoms. The second-order valence-corrected chi connectivity index (χ2v) is 3.49. The summed E-state index contributed by atoms with van der Waals surface area (Å²) in [6, 6.07) is 3.52. The first-order chi connectivity index (χ1) is 7.07. The number of benzene rings is 1. The fraction of sp³-hybridized carbons (Fsp3) is 0.222. The molecule has 6 heteroatoms. The number of hydrogen-bond acceptors (Lipinski definition) is 3. The van der Waals surface area contributed by atoms with E-state index in [-0.39, 0.29) is 12.2 Å². The Balaban J connectivity index is 3.23. The molecule has 0 radical (unpaired) electrons. The summed E-state index contributed by atoms with van der Waals surface area (Å²) in [5, 5.41) is 0. The lowest BCUT2D eigenvalue weighted by atomic mass is 10.2. The Morgan fingerprint density at radius 2 is 2.27 bits per heavy atom. The third-order valence-electron chi connectivity index (χ3n) is 1.64. The number of carbonyl (C=O) groups excluding carboxylic acids is 1. The van der Waals surface area contributed by atoms with E-state index in [1.807, 2.05) is 0 Å². The van der Waals surface area contributed by atoms with Crippen molar-refractivity contribution in [2.45, 2.75) is 11.8 Å². The van der Waals surface area contributed by atoms with E-state index in [4.69, 9.17) is 4.55 Å². The van der Waals surface area contributed by atoms with Crippen molar-refractivity contribution in [2.24, 2.45) is 0 Å². The lowest BCUT2D eigenvalue weighted by molar-refractivity contribution is 0.0520. The lowest BCUT2D eigenvalue weighted by Gasteiger charge is -2.06. The Hall–Kier alpha value is -1.27. The zero-order valence-corrected chi connectivity index (χ0v) is 8.71. The topological polar surface area (TPSA) is 63.6 Å². The molecule has 0 fully saturated rings. The van der Waals surface area contributed by atoms with E-state index < -0.39 is 27.8 Å². The number of ether oxygens (including phenoxy) is 1. The van der Waals surface area contributed by atoms with Crippen LogP contribution in [0.3, 0.4) is 0 Å². The molecular formula is C9H9FO4S. The quantitative estimate of drug-likeness (QED) is 0.634. The molecule has 1 aromatic carbocycles. The number of rotatable bonds is 3. The van der Waals surface area contributed by atoms with Crippen LogP contribution in [0.15, 0.2) is 23.1 Å². The minimum Gasteiger partial charge on any atom is -0.462 e. The molecule has 1 N–H and O–H groups in total. The molecule has 1 atom stereocenters. The van der Waals surface area contributed by atoms with Crippen molar-refractivity contribution >= 4 is 17.0 Å². The van der Waals surface area contributed by atoms with Gasteiger partial charge in [0.25, 0.3) is 0 Å². The first-order valence-corrected chi connectivity index (χ1v) is 5.25. The highest BCUT2D eigenvalue weighted by atomic mass is 32.2. The van der Waals surface area contributed by atoms with Crippen molar-refractivity contribution in [3.8, 4) is 0 Å². The highest BCUT2D eigenvalue weighted by Gasteiger charge is 2.19. The molecule has 0 saturated heterocycles. The van der Waals surface area contributed by atoms with Crippen molar-refractivity contribution in [1.82, 2.24) is 0 Å². The number of hydrogen-bond donors (Lipinski definition) is 1. The molecule has 0 spiro atoms. The van der Waals surface area contributed by atoms with Crippen molar-refractivity contribution in [1.29, 1.82) is 0 Å². The molecule has 0 aliphatic carbocycles. The smallest absolute Gasteiger partial charge is 0.339 e. The van der Waals surface area contributed by atoms with Gasteiger partial charge >= 0.3 is 5.97 Å². The summed E-state index contributed by atoms with van der Waals surface area (Å²) < 4.78 is 37.4. The summed E-state index contributed by atoms with van der Waals surface area (Å²) in [5.74, 6) is -1.71. The molecule has 0 aromatic heterocycles. The zero-order valence-electron chi connectivity index (χ0n) is 7.90. The standard InChI is InChI=1S/C9H9FO4S/c1-2-14-9(11)6-4-3-5-7(10)8(6)15(12)13/h3-5H,2H2,1H3,(H,12,13). The van der Waals surface area contributed by atoms with Gasteiger partial charge in [-0.25, -0.2) is 13.4 Å². The highest BCUT2D eigenvalue weighted by molar-refractivity contribution is 7.79. The molecular weight excluding hydrogens is 223 g/mol. The number of halogens is 1. The molecule has 0 aliphatic rings. The van der Waals surface area contributed by atoms with Crippen LogP contribution in [0.5, 0.6) is 0 Å². The van der Waals surface area contributed by atoms with E-state index in [2.05, 4.69) is 4.74 Å². The van der Waals surface area contributed by atoms with Crippen LogP contribution in [0, 0.1) is 5.82 Å². The van der Waals surface area contributed by atoms with Crippen LogP contribution in [0.4, 0.5) is 4.39 Å². The summed E-state index contributed by atoms with van der Waals surface area (Å²) in [5.41, 5.74) is -0.224. The fourth-order valence-corrected chi connectivity index (χ4v) is 1.63. The van der Waals surface area contributed by atoms with Crippen LogP contribution < -0.4 is 0 Å². The van der Waals surface area contributed by atoms with Crippen LogP contribution >= 0.6 is 0 Å². The molecule has 0 aliphatic heterocycles. The van der Waals surface area contributed by atoms with E-state index >= 15 is 0 Å². The maximum Gasteiger partial charge on any atom is 0.339 e. The third kappa shape index (κ3) is 2.60. The fourth-order valence-electron chi connectivity index (χ4n) is 1.06. The Kier molecular flexibility index (Phi) is 3.93. The Morgan fingerprint density at radius 3 is 2.80 bits per heavy atom. The summed E-state index contributed by atoms with van der Waals surface area (Å²) in [4.78, 5) is 10.7. The van der Waals surface area contributed by atoms with E-state index in [9.17, 15) is 13.4 Å². The van der Waals surface area contributed by atoms with Gasteiger partial charge in [-0.15, -0.1) is 0 Å². The lowest BCUT2D eigenvalue weighted by Crippen LogP contribution is -2.10. The largest absolute Gasteiger partial charge is 0.462 e. The molecule has 1 aromatic rings. The van der Waals surface area contributed by atoms with E-state index in [1.54, 1.807) is 6.92 Å². The first-order valence-electron chi connectivity index (χ1n) is 4.14. The molecule has 0 heterocycles. The van der Waals surface area contributed by atoms with E-state index in [1.165, 1.54) is 12.1 Å². The molecule has 1 rings (SSSR count). The average Bonchev–Trinajstić information content (AvgIpc) is 2.17. The first kappa shape index (κ1) is 11.8. The molecule has 82 valence electrons. The highest BCUT2D eigenvalue weighted by Crippen LogP contribution is 2.17. The normalized spacial score (nSPS) is 12.2.